The summed E-state index contributed by atoms with van der Waals surface area (Å²) in [6.07, 6.45) is 0. The van der Waals surface area contributed by atoms with Crippen molar-refractivity contribution >= 4 is 17.1 Å². The molecule has 6 nitrogen and oxygen atoms in total. The number of fused-ring (bicyclic) bond motifs is 1. The van der Waals surface area contributed by atoms with Crippen molar-refractivity contribution in [2.75, 3.05) is 0 Å². The van der Waals surface area contributed by atoms with Crippen LogP contribution in [0.1, 0.15) is 16.1 Å². The maximum atomic E-state index is 11.0. The lowest BCUT2D eigenvalue weighted by molar-refractivity contribution is 0.0698. The second kappa shape index (κ2) is 3.69. The highest BCUT2D eigenvalue weighted by Gasteiger charge is 2.17. The molecule has 0 amide bonds. The van der Waals surface area contributed by atoms with Crippen molar-refractivity contribution in [2.24, 2.45) is 0 Å². The summed E-state index contributed by atoms with van der Waals surface area (Å²) >= 11 is 0. The molecule has 18 heavy (non-hydrogen) atoms. The number of carbonyl (C=O) groups is 1. The number of oxazole rings is 1. The minimum atomic E-state index is -1.06. The van der Waals surface area contributed by atoms with E-state index in [2.05, 4.69) is 10.1 Å². The zero-order chi connectivity index (χ0) is 12.7. The molecular weight excluding hydrogens is 236 g/mol. The second-order valence-corrected chi connectivity index (χ2v) is 3.81. The number of benzene rings is 1. The number of hydrogen-bond donors (Lipinski definition) is 1. The minimum Gasteiger partial charge on any atom is -0.478 e. The van der Waals surface area contributed by atoms with Crippen LogP contribution in [0, 0.1) is 6.92 Å². The van der Waals surface area contributed by atoms with Gasteiger partial charge >= 0.3 is 5.97 Å². The van der Waals surface area contributed by atoms with Gasteiger partial charge < -0.3 is 14.0 Å². The fourth-order valence-corrected chi connectivity index (χ4v) is 1.69. The lowest BCUT2D eigenvalue weighted by Gasteiger charge is -1.92. The average Bonchev–Trinajstić information content (AvgIpc) is 2.93. The predicted molar refractivity (Wildman–Crippen MR) is 61.2 cm³/mol. The summed E-state index contributed by atoms with van der Waals surface area (Å²) in [7, 11) is 0. The van der Waals surface area contributed by atoms with Crippen LogP contribution in [0.5, 0.6) is 0 Å². The van der Waals surface area contributed by atoms with E-state index in [9.17, 15) is 4.79 Å². The highest BCUT2D eigenvalue weighted by atomic mass is 16.5. The van der Waals surface area contributed by atoms with E-state index < -0.39 is 5.97 Å². The Balaban J connectivity index is 2.22. The number of hydrogen-bond acceptors (Lipinski definition) is 5. The van der Waals surface area contributed by atoms with Crippen molar-refractivity contribution in [1.82, 2.24) is 10.1 Å². The molecule has 3 rings (SSSR count). The molecule has 1 N–H and O–H groups in total. The number of rotatable bonds is 2. The third-order valence-corrected chi connectivity index (χ3v) is 2.48. The number of aromatic nitrogens is 2. The molecule has 0 unspecified atom stereocenters. The molecule has 0 bridgehead atoms. The fourth-order valence-electron chi connectivity index (χ4n) is 1.69. The predicted octanol–water partition coefficient (Wildman–Crippen LogP) is 2.49. The normalized spacial score (nSPS) is 10.9. The molecule has 0 aliphatic heterocycles. The summed E-state index contributed by atoms with van der Waals surface area (Å²) in [5.74, 6) is -0.462. The Morgan fingerprint density at radius 3 is 2.89 bits per heavy atom. The van der Waals surface area contributed by atoms with Crippen molar-refractivity contribution in [3.05, 3.63) is 35.5 Å². The first kappa shape index (κ1) is 10.5. The maximum Gasteiger partial charge on any atom is 0.339 e. The van der Waals surface area contributed by atoms with Crippen molar-refractivity contribution in [1.29, 1.82) is 0 Å². The maximum absolute atomic E-state index is 11.0. The molecule has 0 saturated carbocycles. The van der Waals surface area contributed by atoms with Crippen LogP contribution < -0.4 is 0 Å². The Morgan fingerprint density at radius 2 is 2.22 bits per heavy atom. The first-order chi connectivity index (χ1) is 8.65. The Labute approximate surface area is 101 Å². The third-order valence-electron chi connectivity index (χ3n) is 2.48. The van der Waals surface area contributed by atoms with Gasteiger partial charge in [-0.3, -0.25) is 0 Å². The van der Waals surface area contributed by atoms with Gasteiger partial charge in [-0.25, -0.2) is 9.78 Å². The van der Waals surface area contributed by atoms with Crippen molar-refractivity contribution < 1.29 is 18.8 Å². The molecule has 2 aromatic heterocycles. The summed E-state index contributed by atoms with van der Waals surface area (Å²) < 4.78 is 10.5. The second-order valence-electron chi connectivity index (χ2n) is 3.81. The number of carboxylic acid groups (broad SMARTS) is 1. The molecule has 0 aliphatic carbocycles. The topological polar surface area (TPSA) is 89.4 Å². The Hall–Kier alpha value is -2.63. The molecule has 0 radical (unpaired) electrons. The van der Waals surface area contributed by atoms with Crippen molar-refractivity contribution in [3.63, 3.8) is 0 Å². The Kier molecular flexibility index (Phi) is 2.16. The van der Waals surface area contributed by atoms with Crippen LogP contribution in [-0.4, -0.2) is 21.2 Å². The first-order valence-corrected chi connectivity index (χ1v) is 5.21. The van der Waals surface area contributed by atoms with Gasteiger partial charge in [0, 0.05) is 6.07 Å². The summed E-state index contributed by atoms with van der Waals surface area (Å²) in [6, 6.07) is 6.43. The molecule has 2 heterocycles. The van der Waals surface area contributed by atoms with E-state index in [1.807, 2.05) is 0 Å². The standard InChI is InChI=1S/C12H8N2O4/c1-6-5-9(18-14-6)11-13-8-4-2-3-7(12(15)16)10(8)17-11/h2-5H,1H3,(H,15,16). The van der Waals surface area contributed by atoms with E-state index >= 15 is 0 Å². The Bertz CT molecular complexity index is 741. The molecule has 6 heteroatoms. The monoisotopic (exact) mass is 244 g/mol. The van der Waals surface area contributed by atoms with E-state index in [0.29, 0.717) is 17.0 Å². The van der Waals surface area contributed by atoms with Gasteiger partial charge in [0.05, 0.1) is 5.69 Å². The molecule has 3 aromatic rings. The van der Waals surface area contributed by atoms with Crippen molar-refractivity contribution in [3.8, 4) is 11.7 Å². The number of aryl methyl sites for hydroxylation is 1. The smallest absolute Gasteiger partial charge is 0.339 e. The summed E-state index contributed by atoms with van der Waals surface area (Å²) in [5, 5.41) is 12.8. The number of aromatic carboxylic acids is 1. The minimum absolute atomic E-state index is 0.0717. The Morgan fingerprint density at radius 1 is 1.39 bits per heavy atom. The van der Waals surface area contributed by atoms with Crippen LogP contribution in [0.4, 0.5) is 0 Å². The highest BCUT2D eigenvalue weighted by molar-refractivity contribution is 6.00. The molecule has 90 valence electrons. The number of para-hydroxylation sites is 1. The lowest BCUT2D eigenvalue weighted by atomic mass is 10.2. The summed E-state index contributed by atoms with van der Waals surface area (Å²) in [6.45, 7) is 1.78. The summed E-state index contributed by atoms with van der Waals surface area (Å²) in [5.41, 5.74) is 1.47. The van der Waals surface area contributed by atoms with Gasteiger partial charge in [0.2, 0.25) is 5.76 Å². The molecular formula is C12H8N2O4. The van der Waals surface area contributed by atoms with E-state index in [1.54, 1.807) is 25.1 Å². The van der Waals surface area contributed by atoms with E-state index in [-0.39, 0.29) is 17.0 Å². The summed E-state index contributed by atoms with van der Waals surface area (Å²) in [4.78, 5) is 15.2. The SMILES string of the molecule is Cc1cc(-c2nc3cccc(C(=O)O)c3o2)on1. The molecule has 0 spiro atoms. The molecule has 0 saturated heterocycles. The van der Waals surface area contributed by atoms with Gasteiger partial charge in [-0.05, 0) is 19.1 Å². The van der Waals surface area contributed by atoms with Crippen LogP contribution in [0.15, 0.2) is 33.2 Å². The lowest BCUT2D eigenvalue weighted by Crippen LogP contribution is -1.95. The van der Waals surface area contributed by atoms with Crippen LogP contribution in [0.25, 0.3) is 22.8 Å². The molecule has 0 atom stereocenters. The van der Waals surface area contributed by atoms with Crippen molar-refractivity contribution in [2.45, 2.75) is 6.92 Å². The largest absolute Gasteiger partial charge is 0.478 e. The first-order valence-electron chi connectivity index (χ1n) is 5.21. The van der Waals surface area contributed by atoms with Crippen LogP contribution in [-0.2, 0) is 0 Å². The quantitative estimate of drug-likeness (QED) is 0.744. The van der Waals surface area contributed by atoms with Gasteiger partial charge in [0.15, 0.2) is 5.58 Å². The van der Waals surface area contributed by atoms with Gasteiger partial charge in [0.1, 0.15) is 11.1 Å². The number of nitrogens with zero attached hydrogens (tertiary/aromatic N) is 2. The van der Waals surface area contributed by atoms with Gasteiger partial charge in [-0.15, -0.1) is 0 Å². The van der Waals surface area contributed by atoms with E-state index in [4.69, 9.17) is 14.0 Å². The van der Waals surface area contributed by atoms with Crippen LogP contribution in [0.2, 0.25) is 0 Å². The molecule has 0 fully saturated rings. The average molecular weight is 244 g/mol. The van der Waals surface area contributed by atoms with E-state index in [1.165, 1.54) is 6.07 Å². The molecule has 1 aromatic carbocycles. The zero-order valence-electron chi connectivity index (χ0n) is 9.38. The highest BCUT2D eigenvalue weighted by Crippen LogP contribution is 2.26. The third kappa shape index (κ3) is 1.55. The van der Waals surface area contributed by atoms with Gasteiger partial charge in [-0.1, -0.05) is 11.2 Å². The fraction of sp³-hybridized carbons (Fsp3) is 0.0833. The van der Waals surface area contributed by atoms with Gasteiger partial charge in [-0.2, -0.15) is 0 Å². The number of carboxylic acids is 1. The zero-order valence-corrected chi connectivity index (χ0v) is 9.38. The van der Waals surface area contributed by atoms with E-state index in [0.717, 1.165) is 0 Å². The van der Waals surface area contributed by atoms with Gasteiger partial charge in [0.25, 0.3) is 5.89 Å². The van der Waals surface area contributed by atoms with Crippen LogP contribution >= 0.6 is 0 Å². The van der Waals surface area contributed by atoms with Crippen LogP contribution in [0.3, 0.4) is 0 Å². The molecule has 0 aliphatic rings.